The Morgan fingerprint density at radius 3 is 1.17 bits per heavy atom. The standard InChI is InChI=1S/C39H81NO2/c1-7-9-11-13-15-17-19-21-23-25-27-29-34-40(38(41)32-31-37(3)33-36-42-39(4,5)6)35-30-28-26-24-22-20-18-16-14-12-10-8-2/h37-38,41H,7-36H2,1-6H3. The van der Waals surface area contributed by atoms with E-state index in [4.69, 9.17) is 4.74 Å². The minimum absolute atomic E-state index is 0.0570. The molecule has 0 aromatic heterocycles. The maximum Gasteiger partial charge on any atom is 0.107 e. The van der Waals surface area contributed by atoms with Gasteiger partial charge in [0.2, 0.25) is 0 Å². The molecule has 0 aromatic carbocycles. The first-order chi connectivity index (χ1) is 20.3. The van der Waals surface area contributed by atoms with Gasteiger partial charge in [0, 0.05) is 19.7 Å². The Balaban J connectivity index is 4.19. The largest absolute Gasteiger partial charge is 0.378 e. The number of ether oxygens (including phenoxy) is 1. The van der Waals surface area contributed by atoms with Crippen molar-refractivity contribution < 1.29 is 9.84 Å². The van der Waals surface area contributed by atoms with Crippen LogP contribution in [0.5, 0.6) is 0 Å². The van der Waals surface area contributed by atoms with Crippen molar-refractivity contribution in [3.05, 3.63) is 0 Å². The van der Waals surface area contributed by atoms with E-state index in [2.05, 4.69) is 46.4 Å². The molecule has 0 rings (SSSR count). The van der Waals surface area contributed by atoms with Crippen LogP contribution in [0.15, 0.2) is 0 Å². The quantitative estimate of drug-likeness (QED) is 0.0605. The van der Waals surface area contributed by atoms with Crippen molar-refractivity contribution in [3.8, 4) is 0 Å². The van der Waals surface area contributed by atoms with Crippen molar-refractivity contribution in [2.24, 2.45) is 5.92 Å². The lowest BCUT2D eigenvalue weighted by Crippen LogP contribution is -2.37. The highest BCUT2D eigenvalue weighted by atomic mass is 16.5. The van der Waals surface area contributed by atoms with Crippen molar-refractivity contribution in [2.45, 2.75) is 227 Å². The Kier molecular flexibility index (Phi) is 30.8. The number of nitrogens with zero attached hydrogens (tertiary/aromatic N) is 1. The van der Waals surface area contributed by atoms with Crippen LogP contribution < -0.4 is 0 Å². The normalized spacial score (nSPS) is 13.7. The minimum Gasteiger partial charge on any atom is -0.378 e. The molecule has 2 unspecified atom stereocenters. The van der Waals surface area contributed by atoms with E-state index in [9.17, 15) is 5.11 Å². The average Bonchev–Trinajstić information content (AvgIpc) is 2.95. The molecule has 3 heteroatoms. The van der Waals surface area contributed by atoms with Crippen LogP contribution in [-0.4, -0.2) is 41.5 Å². The van der Waals surface area contributed by atoms with Crippen LogP contribution in [0.25, 0.3) is 0 Å². The van der Waals surface area contributed by atoms with Crippen molar-refractivity contribution in [1.29, 1.82) is 0 Å². The predicted molar refractivity (Wildman–Crippen MR) is 188 cm³/mol. The summed E-state index contributed by atoms with van der Waals surface area (Å²) in [6.07, 6.45) is 36.1. The third kappa shape index (κ3) is 31.3. The van der Waals surface area contributed by atoms with E-state index in [1.54, 1.807) is 0 Å². The van der Waals surface area contributed by atoms with Gasteiger partial charge in [-0.3, -0.25) is 4.90 Å². The summed E-state index contributed by atoms with van der Waals surface area (Å²) in [5, 5.41) is 11.2. The Hall–Kier alpha value is -0.120. The summed E-state index contributed by atoms with van der Waals surface area (Å²) in [4.78, 5) is 2.42. The average molecular weight is 596 g/mol. The number of unbranched alkanes of at least 4 members (excludes halogenated alkanes) is 22. The van der Waals surface area contributed by atoms with Gasteiger partial charge >= 0.3 is 0 Å². The second kappa shape index (κ2) is 30.9. The third-order valence-electron chi connectivity index (χ3n) is 9.08. The van der Waals surface area contributed by atoms with Crippen LogP contribution in [0.3, 0.4) is 0 Å². The Morgan fingerprint density at radius 1 is 0.500 bits per heavy atom. The molecule has 0 amide bonds. The topological polar surface area (TPSA) is 32.7 Å². The zero-order valence-electron chi connectivity index (χ0n) is 30.2. The van der Waals surface area contributed by atoms with Gasteiger partial charge in [0.1, 0.15) is 6.23 Å². The highest BCUT2D eigenvalue weighted by molar-refractivity contribution is 4.67. The molecule has 0 aliphatic rings. The molecular formula is C39H81NO2. The van der Waals surface area contributed by atoms with Crippen molar-refractivity contribution >= 4 is 0 Å². The molecule has 0 heterocycles. The van der Waals surface area contributed by atoms with Crippen LogP contribution in [0.4, 0.5) is 0 Å². The molecule has 0 aromatic rings. The zero-order chi connectivity index (χ0) is 31.2. The Morgan fingerprint density at radius 2 is 0.833 bits per heavy atom. The first-order valence-electron chi connectivity index (χ1n) is 19.4. The van der Waals surface area contributed by atoms with Crippen LogP contribution in [0.1, 0.15) is 215 Å². The first-order valence-corrected chi connectivity index (χ1v) is 19.4. The summed E-state index contributed by atoms with van der Waals surface area (Å²) in [5.74, 6) is 0.599. The molecule has 42 heavy (non-hydrogen) atoms. The summed E-state index contributed by atoms with van der Waals surface area (Å²) in [6.45, 7) is 16.3. The molecule has 0 saturated carbocycles. The van der Waals surface area contributed by atoms with E-state index in [0.29, 0.717) is 5.92 Å². The molecule has 2 atom stereocenters. The summed E-state index contributed by atoms with van der Waals surface area (Å²) in [5.41, 5.74) is -0.0570. The van der Waals surface area contributed by atoms with Crippen LogP contribution >= 0.6 is 0 Å². The molecule has 0 bridgehead atoms. The lowest BCUT2D eigenvalue weighted by molar-refractivity contribution is -0.0183. The summed E-state index contributed by atoms with van der Waals surface area (Å²) in [6, 6.07) is 0. The molecule has 0 radical (unpaired) electrons. The highest BCUT2D eigenvalue weighted by Gasteiger charge is 2.17. The first kappa shape index (κ1) is 41.9. The van der Waals surface area contributed by atoms with Crippen LogP contribution in [0, 0.1) is 5.92 Å². The fraction of sp³-hybridized carbons (Fsp3) is 1.00. The molecule has 254 valence electrons. The van der Waals surface area contributed by atoms with Gasteiger partial charge in [-0.15, -0.1) is 0 Å². The number of hydrogen-bond acceptors (Lipinski definition) is 3. The Labute approximate surface area is 266 Å². The Bertz CT molecular complexity index is 489. The number of hydrogen-bond donors (Lipinski definition) is 1. The molecule has 1 N–H and O–H groups in total. The second-order valence-corrected chi connectivity index (χ2v) is 14.7. The fourth-order valence-corrected chi connectivity index (χ4v) is 6.05. The minimum atomic E-state index is -0.281. The van der Waals surface area contributed by atoms with E-state index in [0.717, 1.165) is 39.0 Å². The monoisotopic (exact) mass is 596 g/mol. The lowest BCUT2D eigenvalue weighted by Gasteiger charge is -2.29. The fourth-order valence-electron chi connectivity index (χ4n) is 6.05. The van der Waals surface area contributed by atoms with E-state index in [-0.39, 0.29) is 11.8 Å². The molecule has 0 aliphatic carbocycles. The lowest BCUT2D eigenvalue weighted by atomic mass is 10.0. The van der Waals surface area contributed by atoms with Gasteiger partial charge in [0.25, 0.3) is 0 Å². The van der Waals surface area contributed by atoms with Crippen LogP contribution in [0.2, 0.25) is 0 Å². The smallest absolute Gasteiger partial charge is 0.107 e. The SMILES string of the molecule is CCCCCCCCCCCCCCN(CCCCCCCCCCCCCC)C(O)CCC(C)CCOC(C)(C)C. The number of aliphatic hydroxyl groups excluding tert-OH is 1. The second-order valence-electron chi connectivity index (χ2n) is 14.7. The molecule has 0 aliphatic heterocycles. The van der Waals surface area contributed by atoms with E-state index in [1.165, 1.54) is 154 Å². The highest BCUT2D eigenvalue weighted by Crippen LogP contribution is 2.19. The molecule has 0 saturated heterocycles. The zero-order valence-corrected chi connectivity index (χ0v) is 30.2. The maximum atomic E-state index is 11.2. The predicted octanol–water partition coefficient (Wildman–Crippen LogP) is 12.6. The summed E-state index contributed by atoms with van der Waals surface area (Å²) in [7, 11) is 0. The van der Waals surface area contributed by atoms with E-state index in [1.807, 2.05) is 0 Å². The summed E-state index contributed by atoms with van der Waals surface area (Å²) < 4.78 is 5.93. The number of rotatable bonds is 33. The van der Waals surface area contributed by atoms with Crippen molar-refractivity contribution in [3.63, 3.8) is 0 Å². The molecule has 0 fully saturated rings. The number of aliphatic hydroxyl groups is 1. The van der Waals surface area contributed by atoms with Gasteiger partial charge in [0.05, 0.1) is 5.60 Å². The van der Waals surface area contributed by atoms with Gasteiger partial charge < -0.3 is 9.84 Å². The van der Waals surface area contributed by atoms with Crippen LogP contribution in [-0.2, 0) is 4.74 Å². The molecule has 3 nitrogen and oxygen atoms in total. The third-order valence-corrected chi connectivity index (χ3v) is 9.08. The molecular weight excluding hydrogens is 514 g/mol. The summed E-state index contributed by atoms with van der Waals surface area (Å²) >= 11 is 0. The van der Waals surface area contributed by atoms with Gasteiger partial charge in [-0.2, -0.15) is 0 Å². The van der Waals surface area contributed by atoms with Gasteiger partial charge in [-0.05, 0) is 58.8 Å². The van der Waals surface area contributed by atoms with E-state index < -0.39 is 0 Å². The van der Waals surface area contributed by atoms with Crippen molar-refractivity contribution in [2.75, 3.05) is 19.7 Å². The maximum absolute atomic E-state index is 11.2. The van der Waals surface area contributed by atoms with E-state index >= 15 is 0 Å². The van der Waals surface area contributed by atoms with Gasteiger partial charge in [0.15, 0.2) is 0 Å². The van der Waals surface area contributed by atoms with Crippen molar-refractivity contribution in [1.82, 2.24) is 4.90 Å². The molecule has 0 spiro atoms. The van der Waals surface area contributed by atoms with Gasteiger partial charge in [-0.25, -0.2) is 0 Å². The van der Waals surface area contributed by atoms with Gasteiger partial charge in [-0.1, -0.05) is 162 Å².